The first kappa shape index (κ1) is 16.4. The fraction of sp³-hybridized carbons (Fsp3) is 0.176. The van der Waals surface area contributed by atoms with Crippen LogP contribution < -0.4 is 20.7 Å². The highest BCUT2D eigenvalue weighted by Gasteiger charge is 2.14. The summed E-state index contributed by atoms with van der Waals surface area (Å²) < 4.78 is 5.56. The Balaban J connectivity index is 1.90. The van der Waals surface area contributed by atoms with Gasteiger partial charge in [0, 0.05) is 18.4 Å². The van der Waals surface area contributed by atoms with E-state index in [1.54, 1.807) is 43.3 Å². The minimum Gasteiger partial charge on any atom is -0.481 e. The van der Waals surface area contributed by atoms with E-state index < -0.39 is 6.10 Å². The van der Waals surface area contributed by atoms with E-state index in [0.29, 0.717) is 17.1 Å². The van der Waals surface area contributed by atoms with Gasteiger partial charge in [-0.05, 0) is 43.3 Å². The third-order valence-electron chi connectivity index (χ3n) is 3.06. The molecule has 2 aromatic carbocycles. The molecule has 120 valence electrons. The Morgan fingerprint density at radius 2 is 1.48 bits per heavy atom. The van der Waals surface area contributed by atoms with Crippen LogP contribution in [0.5, 0.6) is 5.75 Å². The van der Waals surface area contributed by atoms with Crippen LogP contribution in [0.25, 0.3) is 0 Å². The molecular weight excluding hydrogens is 294 g/mol. The van der Waals surface area contributed by atoms with Crippen molar-refractivity contribution in [3.8, 4) is 5.75 Å². The first-order valence-corrected chi connectivity index (χ1v) is 7.20. The average Bonchev–Trinajstić information content (AvgIpc) is 2.57. The lowest BCUT2D eigenvalue weighted by atomic mass is 10.2. The van der Waals surface area contributed by atoms with Crippen LogP contribution in [0.1, 0.15) is 6.92 Å². The molecule has 0 saturated carbocycles. The van der Waals surface area contributed by atoms with E-state index in [1.165, 1.54) is 7.05 Å². The van der Waals surface area contributed by atoms with Gasteiger partial charge in [0.05, 0.1) is 0 Å². The lowest BCUT2D eigenvalue weighted by molar-refractivity contribution is -0.122. The fourth-order valence-corrected chi connectivity index (χ4v) is 1.83. The summed E-state index contributed by atoms with van der Waals surface area (Å²) in [5.41, 5.74) is 1.26. The van der Waals surface area contributed by atoms with E-state index in [4.69, 9.17) is 4.74 Å². The summed E-state index contributed by atoms with van der Waals surface area (Å²) in [5, 5.41) is 7.87. The van der Waals surface area contributed by atoms with Crippen molar-refractivity contribution >= 4 is 23.3 Å². The third-order valence-corrected chi connectivity index (χ3v) is 3.06. The van der Waals surface area contributed by atoms with E-state index in [0.717, 1.165) is 0 Å². The summed E-state index contributed by atoms with van der Waals surface area (Å²) in [6.45, 7) is 1.68. The standard InChI is InChI=1S/C17H19N3O3/c1-12(23-15-6-4-3-5-7-15)16(21)19-13-8-10-14(11-9-13)20-17(22)18-2/h3-12H,1-2H3,(H,19,21)(H2,18,20,22). The van der Waals surface area contributed by atoms with Gasteiger partial charge in [0.1, 0.15) is 5.75 Å². The molecule has 0 aromatic heterocycles. The van der Waals surface area contributed by atoms with Gasteiger partial charge in [-0.15, -0.1) is 0 Å². The molecule has 0 spiro atoms. The Morgan fingerprint density at radius 3 is 2.04 bits per heavy atom. The number of urea groups is 1. The second kappa shape index (κ2) is 7.84. The number of nitrogens with one attached hydrogen (secondary N) is 3. The van der Waals surface area contributed by atoms with Gasteiger partial charge in [-0.2, -0.15) is 0 Å². The highest BCUT2D eigenvalue weighted by molar-refractivity contribution is 5.94. The number of para-hydroxylation sites is 1. The summed E-state index contributed by atoms with van der Waals surface area (Å²) in [6.07, 6.45) is -0.624. The third kappa shape index (κ3) is 5.03. The van der Waals surface area contributed by atoms with Crippen LogP contribution in [0.3, 0.4) is 0 Å². The molecule has 0 bridgehead atoms. The largest absolute Gasteiger partial charge is 0.481 e. The molecule has 6 heteroatoms. The van der Waals surface area contributed by atoms with Gasteiger partial charge < -0.3 is 20.7 Å². The van der Waals surface area contributed by atoms with Crippen LogP contribution >= 0.6 is 0 Å². The minimum absolute atomic E-state index is 0.249. The molecule has 1 atom stereocenters. The van der Waals surface area contributed by atoms with Gasteiger partial charge in [0.25, 0.3) is 5.91 Å². The van der Waals surface area contributed by atoms with Gasteiger partial charge in [-0.25, -0.2) is 4.79 Å². The maximum atomic E-state index is 12.1. The number of rotatable bonds is 5. The molecule has 0 aliphatic rings. The van der Waals surface area contributed by atoms with E-state index >= 15 is 0 Å². The summed E-state index contributed by atoms with van der Waals surface area (Å²) >= 11 is 0. The lowest BCUT2D eigenvalue weighted by Crippen LogP contribution is -2.30. The lowest BCUT2D eigenvalue weighted by Gasteiger charge is -2.15. The van der Waals surface area contributed by atoms with Crippen molar-refractivity contribution in [1.82, 2.24) is 5.32 Å². The normalized spacial score (nSPS) is 11.2. The molecule has 0 fully saturated rings. The van der Waals surface area contributed by atoms with Crippen molar-refractivity contribution in [2.45, 2.75) is 13.0 Å². The van der Waals surface area contributed by atoms with Crippen LogP contribution in [0.15, 0.2) is 54.6 Å². The summed E-state index contributed by atoms with van der Waals surface area (Å²) in [7, 11) is 1.54. The molecule has 1 unspecified atom stereocenters. The maximum absolute atomic E-state index is 12.1. The fourth-order valence-electron chi connectivity index (χ4n) is 1.83. The van der Waals surface area contributed by atoms with Gasteiger partial charge in [-0.1, -0.05) is 18.2 Å². The molecular formula is C17H19N3O3. The zero-order valence-corrected chi connectivity index (χ0v) is 13.0. The minimum atomic E-state index is -0.624. The van der Waals surface area contributed by atoms with E-state index in [2.05, 4.69) is 16.0 Å². The molecule has 0 saturated heterocycles. The molecule has 23 heavy (non-hydrogen) atoms. The molecule has 2 rings (SSSR count). The Kier molecular flexibility index (Phi) is 5.57. The zero-order valence-electron chi connectivity index (χ0n) is 13.0. The molecule has 0 radical (unpaired) electrons. The van der Waals surface area contributed by atoms with E-state index in [1.807, 2.05) is 18.2 Å². The molecule has 0 aliphatic carbocycles. The number of benzene rings is 2. The number of amides is 3. The first-order chi connectivity index (χ1) is 11.1. The summed E-state index contributed by atoms with van der Waals surface area (Å²) in [6, 6.07) is 15.7. The second-order valence-corrected chi connectivity index (χ2v) is 4.84. The molecule has 6 nitrogen and oxygen atoms in total. The summed E-state index contributed by atoms with van der Waals surface area (Å²) in [5.74, 6) is 0.390. The van der Waals surface area contributed by atoms with Crippen molar-refractivity contribution in [2.24, 2.45) is 0 Å². The summed E-state index contributed by atoms with van der Waals surface area (Å²) in [4.78, 5) is 23.3. The van der Waals surface area contributed by atoms with Gasteiger partial charge in [0.15, 0.2) is 6.10 Å². The number of ether oxygens (including phenoxy) is 1. The monoisotopic (exact) mass is 313 g/mol. The molecule has 3 N–H and O–H groups in total. The Hall–Kier alpha value is -3.02. The molecule has 2 aromatic rings. The average molecular weight is 313 g/mol. The van der Waals surface area contributed by atoms with E-state index in [9.17, 15) is 9.59 Å². The highest BCUT2D eigenvalue weighted by Crippen LogP contribution is 2.15. The first-order valence-electron chi connectivity index (χ1n) is 7.20. The van der Waals surface area contributed by atoms with Crippen molar-refractivity contribution in [2.75, 3.05) is 17.7 Å². The number of anilines is 2. The van der Waals surface area contributed by atoms with Crippen molar-refractivity contribution in [3.05, 3.63) is 54.6 Å². The Bertz CT molecular complexity index is 657. The predicted molar refractivity (Wildman–Crippen MR) is 89.7 cm³/mol. The topological polar surface area (TPSA) is 79.5 Å². The van der Waals surface area contributed by atoms with Crippen LogP contribution in [-0.4, -0.2) is 25.1 Å². The van der Waals surface area contributed by atoms with Crippen molar-refractivity contribution in [1.29, 1.82) is 0 Å². The van der Waals surface area contributed by atoms with Crippen LogP contribution in [-0.2, 0) is 4.79 Å². The van der Waals surface area contributed by atoms with Gasteiger partial charge in [0.2, 0.25) is 0 Å². The quantitative estimate of drug-likeness (QED) is 0.794. The molecule has 0 heterocycles. The highest BCUT2D eigenvalue weighted by atomic mass is 16.5. The number of hydrogen-bond donors (Lipinski definition) is 3. The van der Waals surface area contributed by atoms with Crippen molar-refractivity contribution < 1.29 is 14.3 Å². The molecule has 3 amide bonds. The van der Waals surface area contributed by atoms with Crippen LogP contribution in [0.4, 0.5) is 16.2 Å². The number of carbonyl (C=O) groups is 2. The second-order valence-electron chi connectivity index (χ2n) is 4.84. The SMILES string of the molecule is CNC(=O)Nc1ccc(NC(=O)C(C)Oc2ccccc2)cc1. The van der Waals surface area contributed by atoms with Gasteiger partial charge >= 0.3 is 6.03 Å². The number of carbonyl (C=O) groups excluding carboxylic acids is 2. The Morgan fingerprint density at radius 1 is 0.913 bits per heavy atom. The van der Waals surface area contributed by atoms with E-state index in [-0.39, 0.29) is 11.9 Å². The van der Waals surface area contributed by atoms with Gasteiger partial charge in [-0.3, -0.25) is 4.79 Å². The van der Waals surface area contributed by atoms with Crippen LogP contribution in [0, 0.1) is 0 Å². The zero-order chi connectivity index (χ0) is 16.7. The predicted octanol–water partition coefficient (Wildman–Crippen LogP) is 2.84. The number of hydrogen-bond acceptors (Lipinski definition) is 3. The van der Waals surface area contributed by atoms with Crippen molar-refractivity contribution in [3.63, 3.8) is 0 Å². The molecule has 0 aliphatic heterocycles. The maximum Gasteiger partial charge on any atom is 0.318 e. The van der Waals surface area contributed by atoms with Crippen LogP contribution in [0.2, 0.25) is 0 Å². The Labute approximate surface area is 134 Å². The smallest absolute Gasteiger partial charge is 0.318 e.